The zero-order valence-electron chi connectivity index (χ0n) is 23.2. The molecule has 3 N–H and O–H groups in total. The van der Waals surface area contributed by atoms with E-state index in [4.69, 9.17) is 5.11 Å². The molecule has 0 aromatic rings. The fourth-order valence-electron chi connectivity index (χ4n) is 8.69. The average Bonchev–Trinajstić information content (AvgIpc) is 2.99. The first-order valence-electron chi connectivity index (χ1n) is 13.5. The first kappa shape index (κ1) is 27.9. The Morgan fingerprint density at radius 1 is 1.11 bits per heavy atom. The van der Waals surface area contributed by atoms with Gasteiger partial charge in [0, 0.05) is 24.8 Å². The van der Waals surface area contributed by atoms with Crippen LogP contribution in [-0.4, -0.2) is 50.8 Å². The van der Waals surface area contributed by atoms with Crippen molar-refractivity contribution in [2.45, 2.75) is 99.2 Å². The number of carbonyl (C=O) groups excluding carboxylic acids is 3. The molecular weight excluding hydrogens is 472 g/mol. The summed E-state index contributed by atoms with van der Waals surface area (Å²) < 4.78 is 0. The second-order valence-electron chi connectivity index (χ2n) is 13.5. The molecule has 0 radical (unpaired) electrons. The molecule has 7 nitrogen and oxygen atoms in total. The lowest BCUT2D eigenvalue weighted by Crippen LogP contribution is -2.60. The van der Waals surface area contributed by atoms with E-state index in [9.17, 15) is 29.4 Å². The van der Waals surface area contributed by atoms with Crippen LogP contribution in [0.25, 0.3) is 0 Å². The summed E-state index contributed by atoms with van der Waals surface area (Å²) in [5.74, 6) is -2.71. The van der Waals surface area contributed by atoms with E-state index in [1.165, 1.54) is 13.0 Å². The molecule has 0 amide bonds. The van der Waals surface area contributed by atoms with E-state index in [1.54, 1.807) is 6.92 Å². The predicted octanol–water partition coefficient (Wildman–Crippen LogP) is 4.05. The Kier molecular flexibility index (Phi) is 6.56. The Morgan fingerprint density at radius 2 is 1.73 bits per heavy atom. The second kappa shape index (κ2) is 8.70. The van der Waals surface area contributed by atoms with E-state index in [0.29, 0.717) is 36.0 Å². The molecule has 0 aliphatic heterocycles. The van der Waals surface area contributed by atoms with Gasteiger partial charge < -0.3 is 15.3 Å². The van der Waals surface area contributed by atoms with Crippen molar-refractivity contribution in [1.29, 1.82) is 0 Å². The smallest absolute Gasteiger partial charge is 0.306 e. The molecule has 37 heavy (non-hydrogen) atoms. The third kappa shape index (κ3) is 3.75. The highest BCUT2D eigenvalue weighted by atomic mass is 16.4. The number of allylic oxidation sites excluding steroid dienone is 3. The predicted molar refractivity (Wildman–Crippen MR) is 137 cm³/mol. The molecule has 0 spiro atoms. The number of aliphatic carboxylic acids is 1. The van der Waals surface area contributed by atoms with Gasteiger partial charge in [-0.1, -0.05) is 40.2 Å². The summed E-state index contributed by atoms with van der Waals surface area (Å²) in [5.41, 5.74) is -1.06. The Balaban J connectivity index is 1.80. The summed E-state index contributed by atoms with van der Waals surface area (Å²) in [6.45, 7) is 13.1. The topological polar surface area (TPSA) is 129 Å². The molecule has 0 heterocycles. The molecule has 0 unspecified atom stereocenters. The molecule has 204 valence electrons. The van der Waals surface area contributed by atoms with E-state index in [-0.39, 0.29) is 48.4 Å². The van der Waals surface area contributed by atoms with Gasteiger partial charge in [0.05, 0.1) is 23.5 Å². The molecule has 8 atom stereocenters. The van der Waals surface area contributed by atoms with E-state index >= 15 is 0 Å². The Hall–Kier alpha value is -2.12. The number of aliphatic hydroxyl groups excluding tert-OH is 2. The van der Waals surface area contributed by atoms with Crippen molar-refractivity contribution in [3.8, 4) is 0 Å². The number of ketones is 3. The molecule has 2 fully saturated rings. The van der Waals surface area contributed by atoms with Crippen molar-refractivity contribution in [1.82, 2.24) is 0 Å². The highest BCUT2D eigenvalue weighted by Gasteiger charge is 2.69. The largest absolute Gasteiger partial charge is 0.481 e. The maximum absolute atomic E-state index is 14.0. The average molecular weight is 515 g/mol. The lowest BCUT2D eigenvalue weighted by Gasteiger charge is -2.61. The van der Waals surface area contributed by atoms with E-state index < -0.39 is 45.8 Å². The zero-order chi connectivity index (χ0) is 27.9. The molecular formula is C30H42O7. The van der Waals surface area contributed by atoms with Gasteiger partial charge in [-0.15, -0.1) is 0 Å². The van der Waals surface area contributed by atoms with Gasteiger partial charge in [0.2, 0.25) is 0 Å². The van der Waals surface area contributed by atoms with Crippen LogP contribution in [0.5, 0.6) is 0 Å². The molecule has 2 saturated carbocycles. The van der Waals surface area contributed by atoms with Crippen LogP contribution in [0.15, 0.2) is 22.8 Å². The number of fused-ring (bicyclic) bond motifs is 4. The normalized spacial score (nSPS) is 42.1. The Morgan fingerprint density at radius 3 is 2.32 bits per heavy atom. The van der Waals surface area contributed by atoms with Crippen molar-refractivity contribution >= 4 is 23.3 Å². The monoisotopic (exact) mass is 514 g/mol. The Bertz CT molecular complexity index is 1130. The molecule has 0 aromatic carbocycles. The van der Waals surface area contributed by atoms with Crippen molar-refractivity contribution < 1.29 is 34.5 Å². The van der Waals surface area contributed by atoms with Gasteiger partial charge in [-0.25, -0.2) is 0 Å². The minimum atomic E-state index is -1.05. The van der Waals surface area contributed by atoms with Crippen LogP contribution < -0.4 is 0 Å². The van der Waals surface area contributed by atoms with Crippen molar-refractivity contribution in [2.24, 2.45) is 39.4 Å². The molecule has 0 bridgehead atoms. The second-order valence-corrected chi connectivity index (χ2v) is 13.5. The van der Waals surface area contributed by atoms with Gasteiger partial charge in [-0.3, -0.25) is 19.2 Å². The third-order valence-corrected chi connectivity index (χ3v) is 11.2. The fraction of sp³-hybridized carbons (Fsp3) is 0.733. The minimum Gasteiger partial charge on any atom is -0.481 e. The summed E-state index contributed by atoms with van der Waals surface area (Å²) in [4.78, 5) is 51.7. The lowest BCUT2D eigenvalue weighted by molar-refractivity contribution is -0.143. The number of hydrogen-bond acceptors (Lipinski definition) is 6. The number of carboxylic acids is 1. The van der Waals surface area contributed by atoms with Gasteiger partial charge in [0.15, 0.2) is 11.6 Å². The molecule has 0 saturated heterocycles. The summed E-state index contributed by atoms with van der Waals surface area (Å²) in [6, 6.07) is 0. The first-order valence-corrected chi connectivity index (χ1v) is 13.5. The van der Waals surface area contributed by atoms with E-state index in [1.807, 2.05) is 27.7 Å². The summed E-state index contributed by atoms with van der Waals surface area (Å²) in [7, 11) is 0. The van der Waals surface area contributed by atoms with E-state index in [0.717, 1.165) is 0 Å². The summed E-state index contributed by atoms with van der Waals surface area (Å²) >= 11 is 0. The lowest BCUT2D eigenvalue weighted by atomic mass is 9.42. The molecule has 0 aromatic heterocycles. The maximum Gasteiger partial charge on any atom is 0.306 e. The molecule has 7 heteroatoms. The quantitative estimate of drug-likeness (QED) is 0.472. The number of carbonyl (C=O) groups is 4. The highest BCUT2D eigenvalue weighted by Crippen LogP contribution is 2.70. The minimum absolute atomic E-state index is 0.0321. The summed E-state index contributed by atoms with van der Waals surface area (Å²) in [5, 5.41) is 31.5. The van der Waals surface area contributed by atoms with Crippen LogP contribution in [0, 0.1) is 39.4 Å². The molecule has 4 aliphatic rings. The third-order valence-electron chi connectivity index (χ3n) is 11.2. The number of Topliss-reactive ketones (excluding diaryl/α,β-unsaturated/α-hetero) is 2. The SMILES string of the molecule is C/C(=C/C(=O)C[C@@H](C)C(=O)O)[C@@H]1CC(=O)[C@]2(C)C3=C(C(=O)C[C@@]12C)[C@]1(C)CC[C@@H](O)C(C)(C)[C@H]1C[C@H]3O. The standard InChI is InChI=1S/C30H42O7/c1-15(10-17(31)11-16(2)26(36)37)18-12-23(35)30(7)25-19(32)13-21-27(3,4)22(34)8-9-28(21,5)24(25)20(33)14-29(18,30)6/h10,16,18-19,21-22,32,34H,8-9,11-14H2,1-7H3,(H,36,37)/b15-10-/t16-,18+,19-,21-,22-,28-,29+,30-/m1/s1. The van der Waals surface area contributed by atoms with Crippen LogP contribution >= 0.6 is 0 Å². The van der Waals surface area contributed by atoms with Gasteiger partial charge in [0.25, 0.3) is 0 Å². The van der Waals surface area contributed by atoms with Gasteiger partial charge >= 0.3 is 5.97 Å². The number of hydrogen-bond donors (Lipinski definition) is 3. The van der Waals surface area contributed by atoms with Crippen LogP contribution in [0.1, 0.15) is 87.0 Å². The van der Waals surface area contributed by atoms with E-state index in [2.05, 4.69) is 6.92 Å². The maximum atomic E-state index is 14.0. The van der Waals surface area contributed by atoms with Crippen LogP contribution in [0.4, 0.5) is 0 Å². The van der Waals surface area contributed by atoms with Gasteiger partial charge in [-0.2, -0.15) is 0 Å². The number of rotatable bonds is 5. The van der Waals surface area contributed by atoms with Crippen molar-refractivity contribution in [3.63, 3.8) is 0 Å². The summed E-state index contributed by atoms with van der Waals surface area (Å²) in [6.07, 6.45) is 1.71. The van der Waals surface area contributed by atoms with Crippen molar-refractivity contribution in [2.75, 3.05) is 0 Å². The van der Waals surface area contributed by atoms with Crippen molar-refractivity contribution in [3.05, 3.63) is 22.8 Å². The van der Waals surface area contributed by atoms with Gasteiger partial charge in [-0.05, 0) is 72.8 Å². The van der Waals surface area contributed by atoms with Crippen LogP contribution in [-0.2, 0) is 19.2 Å². The number of carboxylic acid groups (broad SMARTS) is 1. The first-order chi connectivity index (χ1) is 16.9. The fourth-order valence-corrected chi connectivity index (χ4v) is 8.69. The van der Waals surface area contributed by atoms with Crippen LogP contribution in [0.2, 0.25) is 0 Å². The Labute approximate surface area is 219 Å². The van der Waals surface area contributed by atoms with Crippen LogP contribution in [0.3, 0.4) is 0 Å². The highest BCUT2D eigenvalue weighted by molar-refractivity contribution is 6.05. The van der Waals surface area contributed by atoms with Gasteiger partial charge in [0.1, 0.15) is 5.78 Å². The number of aliphatic hydroxyl groups is 2. The zero-order valence-corrected chi connectivity index (χ0v) is 23.2. The molecule has 4 rings (SSSR count). The molecule has 4 aliphatic carbocycles.